The standard InChI is InChI=1S/C26H23ClN2O2S/c1-16-12-13-20(14-17(16)2)29-24(30)18(3)32-26(29)21-9-5-7-11-23(21)28(25(26)31)15-19-8-4-6-10-22(19)27/h4-14,18H,15H2,1-3H3. The Morgan fingerprint density at radius 2 is 1.69 bits per heavy atom. The molecule has 0 N–H and O–H groups in total. The zero-order valence-corrected chi connectivity index (χ0v) is 19.7. The van der Waals surface area contributed by atoms with Gasteiger partial charge in [-0.15, -0.1) is 11.8 Å². The zero-order chi connectivity index (χ0) is 22.6. The summed E-state index contributed by atoms with van der Waals surface area (Å²) < 4.78 is 0. The minimum absolute atomic E-state index is 0.0546. The molecule has 3 aromatic rings. The molecule has 0 aliphatic carbocycles. The fraction of sp³-hybridized carbons (Fsp3) is 0.231. The molecule has 1 spiro atoms. The molecule has 5 rings (SSSR count). The van der Waals surface area contributed by atoms with Crippen molar-refractivity contribution in [3.05, 3.63) is 94.0 Å². The van der Waals surface area contributed by atoms with Crippen LogP contribution in [0, 0.1) is 13.8 Å². The molecular weight excluding hydrogens is 440 g/mol. The molecule has 2 heterocycles. The number of amides is 2. The number of carbonyl (C=O) groups is 2. The van der Waals surface area contributed by atoms with Crippen molar-refractivity contribution in [2.45, 2.75) is 37.4 Å². The molecule has 0 aromatic heterocycles. The molecule has 2 aliphatic rings. The molecule has 0 radical (unpaired) electrons. The van der Waals surface area contributed by atoms with E-state index in [1.807, 2.05) is 87.5 Å². The van der Waals surface area contributed by atoms with E-state index in [2.05, 4.69) is 0 Å². The van der Waals surface area contributed by atoms with Crippen molar-refractivity contribution in [1.29, 1.82) is 0 Å². The van der Waals surface area contributed by atoms with Gasteiger partial charge in [-0.3, -0.25) is 14.5 Å². The van der Waals surface area contributed by atoms with E-state index in [1.54, 1.807) is 9.80 Å². The highest BCUT2D eigenvalue weighted by Gasteiger charge is 2.63. The topological polar surface area (TPSA) is 40.6 Å². The van der Waals surface area contributed by atoms with Gasteiger partial charge in [-0.25, -0.2) is 0 Å². The van der Waals surface area contributed by atoms with Crippen LogP contribution in [-0.4, -0.2) is 17.1 Å². The van der Waals surface area contributed by atoms with Crippen molar-refractivity contribution < 1.29 is 9.59 Å². The smallest absolute Gasteiger partial charge is 0.269 e. The van der Waals surface area contributed by atoms with Gasteiger partial charge in [0, 0.05) is 16.3 Å². The number of anilines is 2. The fourth-order valence-corrected chi connectivity index (χ4v) is 6.28. The Morgan fingerprint density at radius 1 is 0.969 bits per heavy atom. The highest BCUT2D eigenvalue weighted by Crippen LogP contribution is 2.58. The van der Waals surface area contributed by atoms with Crippen LogP contribution in [0.15, 0.2) is 66.7 Å². The summed E-state index contributed by atoms with van der Waals surface area (Å²) in [5.74, 6) is -0.166. The van der Waals surface area contributed by atoms with Crippen molar-refractivity contribution in [3.8, 4) is 0 Å². The summed E-state index contributed by atoms with van der Waals surface area (Å²) in [6.45, 7) is 6.29. The Bertz CT molecular complexity index is 1260. The van der Waals surface area contributed by atoms with Crippen LogP contribution >= 0.6 is 23.4 Å². The first-order chi connectivity index (χ1) is 15.3. The van der Waals surface area contributed by atoms with Gasteiger partial charge >= 0.3 is 0 Å². The number of nitrogens with zero attached hydrogens (tertiary/aromatic N) is 2. The van der Waals surface area contributed by atoms with Gasteiger partial charge in [0.15, 0.2) is 0 Å². The van der Waals surface area contributed by atoms with Crippen LogP contribution in [-0.2, 0) is 21.0 Å². The molecule has 2 aliphatic heterocycles. The van der Waals surface area contributed by atoms with Crippen LogP contribution in [0.5, 0.6) is 0 Å². The van der Waals surface area contributed by atoms with Gasteiger partial charge < -0.3 is 4.90 Å². The van der Waals surface area contributed by atoms with Gasteiger partial charge in [-0.05, 0) is 61.7 Å². The predicted octanol–water partition coefficient (Wildman–Crippen LogP) is 5.82. The number of hydrogen-bond donors (Lipinski definition) is 0. The van der Waals surface area contributed by atoms with E-state index in [9.17, 15) is 9.59 Å². The quantitative estimate of drug-likeness (QED) is 0.492. The Kier molecular flexibility index (Phi) is 5.06. The molecule has 2 atom stereocenters. The maximum absolute atomic E-state index is 14.2. The number of halogens is 1. The lowest BCUT2D eigenvalue weighted by Crippen LogP contribution is -2.49. The first-order valence-electron chi connectivity index (χ1n) is 10.6. The Hall–Kier alpha value is -2.76. The summed E-state index contributed by atoms with van der Waals surface area (Å²) in [6, 6.07) is 21.3. The average Bonchev–Trinajstić information content (AvgIpc) is 3.18. The zero-order valence-electron chi connectivity index (χ0n) is 18.1. The summed E-state index contributed by atoms with van der Waals surface area (Å²) in [6.07, 6.45) is 0. The molecule has 32 heavy (non-hydrogen) atoms. The van der Waals surface area contributed by atoms with Gasteiger partial charge in [-0.2, -0.15) is 0 Å². The number of thioether (sulfide) groups is 1. The maximum Gasteiger partial charge on any atom is 0.269 e. The number of fused-ring (bicyclic) bond motifs is 2. The summed E-state index contributed by atoms with van der Waals surface area (Å²) >= 11 is 7.84. The van der Waals surface area contributed by atoms with E-state index in [1.165, 1.54) is 11.8 Å². The maximum atomic E-state index is 14.2. The Balaban J connectivity index is 1.68. The molecule has 6 heteroatoms. The Labute approximate surface area is 197 Å². The van der Waals surface area contributed by atoms with Gasteiger partial charge in [0.25, 0.3) is 5.91 Å². The lowest BCUT2D eigenvalue weighted by atomic mass is 10.0. The van der Waals surface area contributed by atoms with E-state index in [4.69, 9.17) is 11.6 Å². The number of para-hydroxylation sites is 1. The number of hydrogen-bond acceptors (Lipinski definition) is 3. The van der Waals surface area contributed by atoms with Crippen LogP contribution in [0.4, 0.5) is 11.4 Å². The van der Waals surface area contributed by atoms with Crippen LogP contribution in [0.3, 0.4) is 0 Å². The first-order valence-corrected chi connectivity index (χ1v) is 11.8. The van der Waals surface area contributed by atoms with Gasteiger partial charge in [0.05, 0.1) is 17.5 Å². The summed E-state index contributed by atoms with van der Waals surface area (Å²) in [5.41, 5.74) is 5.51. The normalized spacial score (nSPS) is 22.2. The lowest BCUT2D eigenvalue weighted by molar-refractivity contribution is -0.124. The van der Waals surface area contributed by atoms with Crippen molar-refractivity contribution in [3.63, 3.8) is 0 Å². The second-order valence-corrected chi connectivity index (χ2v) is 10.3. The summed E-state index contributed by atoms with van der Waals surface area (Å²) in [7, 11) is 0. The third-order valence-corrected chi connectivity index (χ3v) is 8.20. The molecular formula is C26H23ClN2O2S. The largest absolute Gasteiger partial charge is 0.304 e. The molecule has 162 valence electrons. The van der Waals surface area contributed by atoms with Gasteiger partial charge in [0.1, 0.15) is 0 Å². The molecule has 1 saturated heterocycles. The molecule has 1 fully saturated rings. The molecule has 0 bridgehead atoms. The highest BCUT2D eigenvalue weighted by molar-refractivity contribution is 8.03. The number of carbonyl (C=O) groups excluding carboxylic acids is 2. The van der Waals surface area contributed by atoms with Crippen LogP contribution in [0.2, 0.25) is 5.02 Å². The number of aryl methyl sites for hydroxylation is 2. The minimum Gasteiger partial charge on any atom is -0.304 e. The van der Waals surface area contributed by atoms with E-state index in [0.717, 1.165) is 33.6 Å². The van der Waals surface area contributed by atoms with Crippen LogP contribution < -0.4 is 9.80 Å². The van der Waals surface area contributed by atoms with Crippen LogP contribution in [0.25, 0.3) is 0 Å². The minimum atomic E-state index is -1.13. The molecule has 2 amide bonds. The van der Waals surface area contributed by atoms with Gasteiger partial charge in [0.2, 0.25) is 10.8 Å². The third-order valence-electron chi connectivity index (χ3n) is 6.36. The average molecular weight is 463 g/mol. The summed E-state index contributed by atoms with van der Waals surface area (Å²) in [4.78, 5) is 30.0. The Morgan fingerprint density at radius 3 is 2.44 bits per heavy atom. The predicted molar refractivity (Wildman–Crippen MR) is 131 cm³/mol. The number of benzene rings is 3. The first kappa shape index (κ1) is 21.1. The number of rotatable bonds is 3. The highest BCUT2D eigenvalue weighted by atomic mass is 35.5. The lowest BCUT2D eigenvalue weighted by Gasteiger charge is -2.33. The van der Waals surface area contributed by atoms with E-state index < -0.39 is 4.87 Å². The van der Waals surface area contributed by atoms with Gasteiger partial charge in [-0.1, -0.05) is 54.1 Å². The van der Waals surface area contributed by atoms with Crippen molar-refractivity contribution in [2.24, 2.45) is 0 Å². The third kappa shape index (κ3) is 2.99. The van der Waals surface area contributed by atoms with E-state index >= 15 is 0 Å². The van der Waals surface area contributed by atoms with Crippen molar-refractivity contribution >= 4 is 46.6 Å². The second kappa shape index (κ2) is 7.68. The van der Waals surface area contributed by atoms with Crippen molar-refractivity contribution in [1.82, 2.24) is 0 Å². The van der Waals surface area contributed by atoms with E-state index in [0.29, 0.717) is 11.6 Å². The molecule has 2 unspecified atom stereocenters. The summed E-state index contributed by atoms with van der Waals surface area (Å²) in [5, 5.41) is 0.280. The van der Waals surface area contributed by atoms with E-state index in [-0.39, 0.29) is 17.1 Å². The molecule has 3 aromatic carbocycles. The second-order valence-electron chi connectivity index (χ2n) is 8.35. The molecule has 4 nitrogen and oxygen atoms in total. The van der Waals surface area contributed by atoms with Crippen LogP contribution in [0.1, 0.15) is 29.2 Å². The fourth-order valence-electron chi connectivity index (χ4n) is 4.56. The van der Waals surface area contributed by atoms with Crippen molar-refractivity contribution in [2.75, 3.05) is 9.80 Å². The SMILES string of the molecule is Cc1ccc(N2C(=O)C(C)SC23C(=O)N(Cc2ccccc2Cl)c2ccccc23)cc1C. The molecule has 0 saturated carbocycles. The monoisotopic (exact) mass is 462 g/mol.